The number of esters is 1. The third kappa shape index (κ3) is 5.69. The Morgan fingerprint density at radius 3 is 2.39 bits per heavy atom. The molecule has 10 nitrogen and oxygen atoms in total. The number of Topliss-reactive ketones (excluding diaryl/α,β-unsaturated/α-hetero) is 1. The number of aromatic nitrogens is 3. The molecular formula is C44H58N4O6. The summed E-state index contributed by atoms with van der Waals surface area (Å²) in [6, 6.07) is 5.45. The Morgan fingerprint density at radius 2 is 1.74 bits per heavy atom. The molecule has 1 N–H and O–H groups in total. The van der Waals surface area contributed by atoms with Gasteiger partial charge in [0.25, 0.3) is 0 Å². The number of fused-ring (bicyclic) bond motifs is 7. The first-order chi connectivity index (χ1) is 25.2. The minimum Gasteiger partial charge on any atom is -0.481 e. The highest BCUT2D eigenvalue weighted by Gasteiger charge is 2.70. The Hall–Kier alpha value is -3.87. The Morgan fingerprint density at radius 1 is 1.00 bits per heavy atom. The summed E-state index contributed by atoms with van der Waals surface area (Å²) in [6.07, 6.45) is 10.1. The molecule has 5 aliphatic rings. The predicted molar refractivity (Wildman–Crippen MR) is 201 cm³/mol. The first-order valence-corrected chi connectivity index (χ1v) is 20.1. The van der Waals surface area contributed by atoms with Crippen molar-refractivity contribution in [3.05, 3.63) is 41.1 Å². The Bertz CT molecular complexity index is 1940. The van der Waals surface area contributed by atoms with Crippen LogP contribution in [0.1, 0.15) is 138 Å². The van der Waals surface area contributed by atoms with E-state index in [1.54, 1.807) is 32.2 Å². The van der Waals surface area contributed by atoms with Gasteiger partial charge >= 0.3 is 11.9 Å². The van der Waals surface area contributed by atoms with Crippen molar-refractivity contribution in [2.75, 3.05) is 0 Å². The van der Waals surface area contributed by atoms with Crippen molar-refractivity contribution in [2.24, 2.45) is 56.2 Å². The number of carboxylic acid groups (broad SMARTS) is 1. The maximum absolute atomic E-state index is 14.1. The Kier molecular flexibility index (Phi) is 9.14. The van der Waals surface area contributed by atoms with Crippen molar-refractivity contribution in [1.82, 2.24) is 15.2 Å². The summed E-state index contributed by atoms with van der Waals surface area (Å²) in [5, 5.41) is 27.6. The van der Waals surface area contributed by atoms with Crippen LogP contribution in [0.5, 0.6) is 0 Å². The molecule has 5 aliphatic carbocycles. The second-order valence-electron chi connectivity index (χ2n) is 19.9. The van der Waals surface area contributed by atoms with Crippen molar-refractivity contribution < 1.29 is 28.6 Å². The molecule has 4 saturated carbocycles. The third-order valence-electron chi connectivity index (χ3n) is 16.0. The number of aliphatic carboxylic acids is 1. The van der Waals surface area contributed by atoms with Crippen LogP contribution in [0.25, 0.3) is 11.5 Å². The minimum atomic E-state index is -1.17. The van der Waals surface area contributed by atoms with Crippen LogP contribution < -0.4 is 0 Å². The largest absolute Gasteiger partial charge is 0.481 e. The van der Waals surface area contributed by atoms with Gasteiger partial charge in [-0.15, -0.1) is 10.2 Å². The van der Waals surface area contributed by atoms with Crippen LogP contribution in [-0.4, -0.2) is 44.1 Å². The molecule has 8 atom stereocenters. The first-order valence-electron chi connectivity index (χ1n) is 20.1. The van der Waals surface area contributed by atoms with Crippen molar-refractivity contribution in [2.45, 2.75) is 139 Å². The third-order valence-corrected chi connectivity index (χ3v) is 16.0. The van der Waals surface area contributed by atoms with Gasteiger partial charge in [-0.1, -0.05) is 54.0 Å². The van der Waals surface area contributed by atoms with Crippen molar-refractivity contribution >= 4 is 17.7 Å². The van der Waals surface area contributed by atoms with E-state index < -0.39 is 17.4 Å². The second-order valence-corrected chi connectivity index (χ2v) is 19.9. The van der Waals surface area contributed by atoms with Crippen LogP contribution in [0.2, 0.25) is 0 Å². The average molecular weight is 739 g/mol. The van der Waals surface area contributed by atoms with E-state index in [-0.39, 0.29) is 57.2 Å². The molecule has 0 aliphatic heterocycles. The van der Waals surface area contributed by atoms with Crippen molar-refractivity contribution in [3.63, 3.8) is 0 Å². The van der Waals surface area contributed by atoms with Crippen LogP contribution in [0.15, 0.2) is 33.9 Å². The van der Waals surface area contributed by atoms with Gasteiger partial charge in [0.15, 0.2) is 5.78 Å². The van der Waals surface area contributed by atoms with Crippen LogP contribution in [0.4, 0.5) is 0 Å². The molecule has 0 aromatic carbocycles. The van der Waals surface area contributed by atoms with Gasteiger partial charge in [-0.25, -0.2) is 4.98 Å². The summed E-state index contributed by atoms with van der Waals surface area (Å²) < 4.78 is 12.4. The van der Waals surface area contributed by atoms with Gasteiger partial charge in [-0.05, 0) is 123 Å². The summed E-state index contributed by atoms with van der Waals surface area (Å²) in [7, 11) is 0. The minimum absolute atomic E-state index is 0.00246. The molecule has 0 saturated heterocycles. The highest BCUT2D eigenvalue weighted by molar-refractivity contribution is 6.00. The second kappa shape index (κ2) is 12.8. The average Bonchev–Trinajstić information content (AvgIpc) is 3.67. The summed E-state index contributed by atoms with van der Waals surface area (Å²) >= 11 is 0. The number of ether oxygens (including phenoxy) is 1. The van der Waals surface area contributed by atoms with Gasteiger partial charge in [-0.3, -0.25) is 14.4 Å². The lowest BCUT2D eigenvalue weighted by molar-refractivity contribution is -0.233. The molecular weight excluding hydrogens is 681 g/mol. The first kappa shape index (κ1) is 38.4. The molecule has 0 unspecified atom stereocenters. The molecule has 2 aromatic heterocycles. The number of rotatable bonds is 8. The van der Waals surface area contributed by atoms with Crippen LogP contribution in [-0.2, 0) is 25.5 Å². The smallest absolute Gasteiger partial charge is 0.309 e. The molecule has 7 rings (SSSR count). The van der Waals surface area contributed by atoms with E-state index in [4.69, 9.17) is 9.15 Å². The predicted octanol–water partition coefficient (Wildman–Crippen LogP) is 8.94. The molecule has 0 amide bonds. The fraction of sp³-hybridized carbons (Fsp3) is 0.705. The van der Waals surface area contributed by atoms with Crippen molar-refractivity contribution in [3.8, 4) is 17.5 Å². The molecule has 2 heterocycles. The lowest BCUT2D eigenvalue weighted by Gasteiger charge is -2.72. The lowest BCUT2D eigenvalue weighted by Crippen LogP contribution is -2.65. The highest BCUT2D eigenvalue weighted by atomic mass is 16.5. The van der Waals surface area contributed by atoms with Gasteiger partial charge in [-0.2, -0.15) is 5.26 Å². The van der Waals surface area contributed by atoms with Gasteiger partial charge in [0.2, 0.25) is 11.8 Å². The number of allylic oxidation sites excluding steroid dienone is 2. The fourth-order valence-corrected chi connectivity index (χ4v) is 13.1. The van der Waals surface area contributed by atoms with E-state index in [0.29, 0.717) is 47.7 Å². The van der Waals surface area contributed by atoms with Crippen LogP contribution in [0.3, 0.4) is 0 Å². The Balaban J connectivity index is 1.17. The summed E-state index contributed by atoms with van der Waals surface area (Å²) in [6.45, 7) is 19.6. The number of pyridine rings is 1. The van der Waals surface area contributed by atoms with Gasteiger partial charge in [0.05, 0.1) is 17.4 Å². The number of nitrogens with zero attached hydrogens (tertiary/aromatic N) is 4. The molecule has 4 fully saturated rings. The normalized spacial score (nSPS) is 35.8. The number of ketones is 1. The molecule has 0 spiro atoms. The SMILES string of the molecule is CC(C)C1=C2[C@H]3CC[C@@H]4[C@@]5(C)CC[C@H](OC(=O)CC(C)(C)C(=O)O)C(C)(C)[C@@H]5CC[C@@]4(C)[C@]3(C)CC[C@@]2(Cc2nnc(-c3ccc(C#N)nc3)o2)CC1=O. The number of hydrogen-bond donors (Lipinski definition) is 1. The summed E-state index contributed by atoms with van der Waals surface area (Å²) in [5.74, 6) is 1.00. The zero-order valence-electron chi connectivity index (χ0n) is 33.7. The molecule has 2 aromatic rings. The van der Waals surface area contributed by atoms with E-state index >= 15 is 0 Å². The zero-order valence-corrected chi connectivity index (χ0v) is 33.7. The van der Waals surface area contributed by atoms with Gasteiger partial charge < -0.3 is 14.3 Å². The molecule has 54 heavy (non-hydrogen) atoms. The lowest BCUT2D eigenvalue weighted by atomic mass is 9.33. The summed E-state index contributed by atoms with van der Waals surface area (Å²) in [4.78, 5) is 43.1. The van der Waals surface area contributed by atoms with E-state index in [2.05, 4.69) is 63.6 Å². The maximum Gasteiger partial charge on any atom is 0.309 e. The Labute approximate surface area is 319 Å². The zero-order chi connectivity index (χ0) is 39.2. The molecule has 0 bridgehead atoms. The number of carboxylic acids is 1. The standard InChI is InChI=1S/C44H58N4O6/c1-25(2)35-29(49)20-44(21-33-47-48-37(54-33)26-10-11-27(23-45)46-24-26)19-18-42(8)28(36(35)44)12-13-31-41(7)16-15-32(53-34(50)22-39(3,4)38(51)52)40(5,6)30(41)14-17-43(31,42)9/h10-11,24-25,28,30-32H,12-22H2,1-9H3,(H,51,52)/t28-,30+,31-,32+,41+,42-,43-,44+/m1/s1. The number of nitriles is 1. The summed E-state index contributed by atoms with van der Waals surface area (Å²) in [5.41, 5.74) is 1.72. The number of carbonyl (C=O) groups excluding carboxylic acids is 2. The van der Waals surface area contributed by atoms with Crippen molar-refractivity contribution in [1.29, 1.82) is 5.26 Å². The quantitative estimate of drug-likeness (QED) is 0.259. The molecule has 0 radical (unpaired) electrons. The topological polar surface area (TPSA) is 156 Å². The monoisotopic (exact) mass is 738 g/mol. The highest BCUT2D eigenvalue weighted by Crippen LogP contribution is 2.77. The fourth-order valence-electron chi connectivity index (χ4n) is 13.1. The van der Waals surface area contributed by atoms with Gasteiger partial charge in [0.1, 0.15) is 17.9 Å². The number of carbonyl (C=O) groups is 3. The van der Waals surface area contributed by atoms with E-state index in [9.17, 15) is 24.8 Å². The number of hydrogen-bond acceptors (Lipinski definition) is 9. The molecule has 290 valence electrons. The van der Waals surface area contributed by atoms with E-state index in [1.165, 1.54) is 5.57 Å². The van der Waals surface area contributed by atoms with Crippen LogP contribution in [0, 0.1) is 67.5 Å². The maximum atomic E-state index is 14.1. The van der Waals surface area contributed by atoms with E-state index in [1.807, 2.05) is 6.07 Å². The molecule has 10 heteroatoms. The van der Waals surface area contributed by atoms with Crippen LogP contribution >= 0.6 is 0 Å². The van der Waals surface area contributed by atoms with Gasteiger partial charge in [0, 0.05) is 29.9 Å². The van der Waals surface area contributed by atoms with E-state index in [0.717, 1.165) is 56.9 Å².